The van der Waals surface area contributed by atoms with E-state index in [1.165, 1.54) is 30.6 Å². The van der Waals surface area contributed by atoms with Crippen LogP contribution in [0.25, 0.3) is 0 Å². The second-order valence-electron chi connectivity index (χ2n) is 4.98. The molecule has 1 saturated carbocycles. The van der Waals surface area contributed by atoms with Gasteiger partial charge in [-0.25, -0.2) is 0 Å². The minimum absolute atomic E-state index is 0.000642. The van der Waals surface area contributed by atoms with Gasteiger partial charge in [-0.3, -0.25) is 4.79 Å². The molecular formula is C14H22N2OS2. The first-order valence-electron chi connectivity index (χ1n) is 6.81. The van der Waals surface area contributed by atoms with Crippen LogP contribution in [-0.2, 0) is 11.3 Å². The van der Waals surface area contributed by atoms with Gasteiger partial charge in [0.25, 0.3) is 0 Å². The number of hydrogen-bond donors (Lipinski definition) is 2. The maximum Gasteiger partial charge on any atom is 0.221 e. The van der Waals surface area contributed by atoms with Gasteiger partial charge in [-0.05, 0) is 30.5 Å². The number of hydrogen-bond acceptors (Lipinski definition) is 4. The highest BCUT2D eigenvalue weighted by Crippen LogP contribution is 2.28. The first kappa shape index (κ1) is 14.9. The van der Waals surface area contributed by atoms with E-state index in [4.69, 9.17) is 0 Å². The van der Waals surface area contributed by atoms with Gasteiger partial charge < -0.3 is 10.6 Å². The summed E-state index contributed by atoms with van der Waals surface area (Å²) in [6.07, 6.45) is 7.49. The summed E-state index contributed by atoms with van der Waals surface area (Å²) < 4.78 is 0. The Labute approximate surface area is 123 Å². The summed E-state index contributed by atoms with van der Waals surface area (Å²) in [6, 6.07) is 2.59. The fourth-order valence-corrected chi connectivity index (χ4v) is 4.36. The lowest BCUT2D eigenvalue weighted by atomic mass is 9.95. The van der Waals surface area contributed by atoms with Crippen molar-refractivity contribution >= 4 is 34.7 Å². The maximum absolute atomic E-state index is 11.1. The van der Waals surface area contributed by atoms with Crippen molar-refractivity contribution in [1.29, 1.82) is 0 Å². The van der Waals surface area contributed by atoms with Crippen LogP contribution in [-0.4, -0.2) is 23.5 Å². The molecule has 19 heavy (non-hydrogen) atoms. The Bertz CT molecular complexity index is 419. The van der Waals surface area contributed by atoms with Crippen LogP contribution in [0.3, 0.4) is 0 Å². The Hall–Kier alpha value is -0.520. The van der Waals surface area contributed by atoms with Crippen molar-refractivity contribution < 1.29 is 4.79 Å². The zero-order valence-corrected chi connectivity index (χ0v) is 13.2. The van der Waals surface area contributed by atoms with E-state index in [0.29, 0.717) is 6.04 Å². The van der Waals surface area contributed by atoms with Crippen molar-refractivity contribution in [2.75, 3.05) is 11.6 Å². The lowest BCUT2D eigenvalue weighted by molar-refractivity contribution is -0.114. The Balaban J connectivity index is 1.90. The predicted molar refractivity (Wildman–Crippen MR) is 85.0 cm³/mol. The molecule has 3 nitrogen and oxygen atoms in total. The molecule has 1 aromatic rings. The lowest BCUT2D eigenvalue weighted by Crippen LogP contribution is -2.39. The van der Waals surface area contributed by atoms with Crippen LogP contribution in [0.15, 0.2) is 11.4 Å². The van der Waals surface area contributed by atoms with Crippen molar-refractivity contribution in [2.24, 2.45) is 0 Å². The van der Waals surface area contributed by atoms with Gasteiger partial charge in [0.1, 0.15) is 0 Å². The molecule has 0 aliphatic heterocycles. The SMILES string of the molecule is CSC1CCCCC1NCc1sccc1NC(C)=O. The Morgan fingerprint density at radius 3 is 3.00 bits per heavy atom. The van der Waals surface area contributed by atoms with Crippen LogP contribution in [0, 0.1) is 0 Å². The highest BCUT2D eigenvalue weighted by atomic mass is 32.2. The summed E-state index contributed by atoms with van der Waals surface area (Å²) in [7, 11) is 0. The average Bonchev–Trinajstić information content (AvgIpc) is 2.83. The Kier molecular flexibility index (Phi) is 5.73. The molecule has 0 aromatic carbocycles. The van der Waals surface area contributed by atoms with E-state index < -0.39 is 0 Å². The summed E-state index contributed by atoms with van der Waals surface area (Å²) in [5.41, 5.74) is 0.960. The highest BCUT2D eigenvalue weighted by molar-refractivity contribution is 7.99. The van der Waals surface area contributed by atoms with Crippen LogP contribution in [0.1, 0.15) is 37.5 Å². The minimum Gasteiger partial charge on any atom is -0.325 e. The normalized spacial score (nSPS) is 23.3. The third kappa shape index (κ3) is 4.23. The smallest absolute Gasteiger partial charge is 0.221 e. The number of carbonyl (C=O) groups excluding carboxylic acids is 1. The van der Waals surface area contributed by atoms with Crippen molar-refractivity contribution in [3.63, 3.8) is 0 Å². The zero-order chi connectivity index (χ0) is 13.7. The molecule has 0 saturated heterocycles. The quantitative estimate of drug-likeness (QED) is 0.874. The number of carbonyl (C=O) groups is 1. The van der Waals surface area contributed by atoms with Crippen molar-refractivity contribution in [3.8, 4) is 0 Å². The number of rotatable bonds is 5. The van der Waals surface area contributed by atoms with E-state index >= 15 is 0 Å². The van der Waals surface area contributed by atoms with Gasteiger partial charge >= 0.3 is 0 Å². The molecule has 0 bridgehead atoms. The van der Waals surface area contributed by atoms with Crippen molar-refractivity contribution in [3.05, 3.63) is 16.3 Å². The van der Waals surface area contributed by atoms with E-state index in [9.17, 15) is 4.79 Å². The molecule has 5 heteroatoms. The van der Waals surface area contributed by atoms with Crippen LogP contribution < -0.4 is 10.6 Å². The summed E-state index contributed by atoms with van der Waals surface area (Å²) in [6.45, 7) is 2.41. The monoisotopic (exact) mass is 298 g/mol. The second kappa shape index (κ2) is 7.31. The first-order chi connectivity index (χ1) is 9.20. The molecule has 2 unspecified atom stereocenters. The fourth-order valence-electron chi connectivity index (χ4n) is 2.61. The molecular weight excluding hydrogens is 276 g/mol. The van der Waals surface area contributed by atoms with Crippen LogP contribution in [0.2, 0.25) is 0 Å². The molecule has 2 rings (SSSR count). The van der Waals surface area contributed by atoms with Gasteiger partial charge in [-0.15, -0.1) is 11.3 Å². The van der Waals surface area contributed by atoms with E-state index in [0.717, 1.165) is 17.5 Å². The largest absolute Gasteiger partial charge is 0.325 e. The number of anilines is 1. The molecule has 106 valence electrons. The van der Waals surface area contributed by atoms with Gasteiger partial charge in [0.2, 0.25) is 5.91 Å². The van der Waals surface area contributed by atoms with Gasteiger partial charge in [-0.2, -0.15) is 11.8 Å². The third-order valence-electron chi connectivity index (χ3n) is 3.59. The molecule has 0 radical (unpaired) electrons. The minimum atomic E-state index is -0.000642. The zero-order valence-electron chi connectivity index (χ0n) is 11.6. The number of thiophene rings is 1. The molecule has 2 N–H and O–H groups in total. The summed E-state index contributed by atoms with van der Waals surface area (Å²) in [4.78, 5) is 12.4. The molecule has 1 fully saturated rings. The highest BCUT2D eigenvalue weighted by Gasteiger charge is 2.23. The first-order valence-corrected chi connectivity index (χ1v) is 8.97. The predicted octanol–water partition coefficient (Wildman–Crippen LogP) is 3.47. The fraction of sp³-hybridized carbons (Fsp3) is 0.643. The van der Waals surface area contributed by atoms with Crippen LogP contribution in [0.5, 0.6) is 0 Å². The van der Waals surface area contributed by atoms with E-state index in [2.05, 4.69) is 16.9 Å². The topological polar surface area (TPSA) is 41.1 Å². The average molecular weight is 298 g/mol. The molecule has 1 aliphatic rings. The summed E-state index contributed by atoms with van der Waals surface area (Å²) in [5.74, 6) is -0.000642. The second-order valence-corrected chi connectivity index (χ2v) is 7.06. The van der Waals surface area contributed by atoms with Gasteiger partial charge in [-0.1, -0.05) is 12.8 Å². The van der Waals surface area contributed by atoms with Gasteiger partial charge in [0, 0.05) is 29.6 Å². The lowest BCUT2D eigenvalue weighted by Gasteiger charge is -2.31. The molecule has 1 amide bonds. The van der Waals surface area contributed by atoms with Crippen molar-refractivity contribution in [1.82, 2.24) is 5.32 Å². The number of amides is 1. The summed E-state index contributed by atoms with van der Waals surface area (Å²) in [5, 5.41) is 9.34. The third-order valence-corrected chi connectivity index (χ3v) is 5.68. The van der Waals surface area contributed by atoms with Crippen molar-refractivity contribution in [2.45, 2.75) is 50.4 Å². The molecule has 0 spiro atoms. The molecule has 2 atom stereocenters. The van der Waals surface area contributed by atoms with E-state index in [1.54, 1.807) is 18.3 Å². The molecule has 1 aromatic heterocycles. The number of thioether (sulfide) groups is 1. The maximum atomic E-state index is 11.1. The van der Waals surface area contributed by atoms with Crippen LogP contribution >= 0.6 is 23.1 Å². The number of nitrogens with one attached hydrogen (secondary N) is 2. The Morgan fingerprint density at radius 2 is 2.26 bits per heavy atom. The van der Waals surface area contributed by atoms with E-state index in [-0.39, 0.29) is 5.91 Å². The summed E-state index contributed by atoms with van der Waals surface area (Å²) >= 11 is 3.68. The van der Waals surface area contributed by atoms with Crippen LogP contribution in [0.4, 0.5) is 5.69 Å². The van der Waals surface area contributed by atoms with E-state index in [1.807, 2.05) is 23.2 Å². The Morgan fingerprint density at radius 1 is 1.47 bits per heavy atom. The standard InChI is InChI=1S/C14H22N2OS2/c1-10(17)16-12-7-8-19-14(12)9-15-11-5-3-4-6-13(11)18-2/h7-8,11,13,15H,3-6,9H2,1-2H3,(H,16,17). The molecule has 1 heterocycles. The van der Waals surface area contributed by atoms with Gasteiger partial charge in [0.15, 0.2) is 0 Å². The molecule has 1 aliphatic carbocycles. The van der Waals surface area contributed by atoms with Gasteiger partial charge in [0.05, 0.1) is 5.69 Å².